The number of nitrogens with zero attached hydrogens (tertiary/aromatic N) is 4. The van der Waals surface area contributed by atoms with E-state index in [9.17, 15) is 4.79 Å². The van der Waals surface area contributed by atoms with Crippen molar-refractivity contribution in [2.45, 2.75) is 5.16 Å². The van der Waals surface area contributed by atoms with E-state index >= 15 is 0 Å². The third-order valence-corrected chi connectivity index (χ3v) is 5.20. The van der Waals surface area contributed by atoms with Crippen molar-refractivity contribution in [1.29, 1.82) is 0 Å². The van der Waals surface area contributed by atoms with Crippen molar-refractivity contribution >= 4 is 28.3 Å². The second kappa shape index (κ2) is 7.09. The van der Waals surface area contributed by atoms with Crippen LogP contribution < -0.4 is 0 Å². The van der Waals surface area contributed by atoms with E-state index in [1.807, 2.05) is 66.2 Å². The number of hydrogen-bond acceptors (Lipinski definition) is 5. The van der Waals surface area contributed by atoms with Crippen molar-refractivity contribution in [1.82, 2.24) is 19.7 Å². The van der Waals surface area contributed by atoms with E-state index < -0.39 is 0 Å². The van der Waals surface area contributed by atoms with Gasteiger partial charge < -0.3 is 4.57 Å². The van der Waals surface area contributed by atoms with Crippen LogP contribution in [0.1, 0.15) is 10.4 Å². The zero-order valence-electron chi connectivity index (χ0n) is 14.2. The van der Waals surface area contributed by atoms with Crippen LogP contribution in [0, 0.1) is 0 Å². The second-order valence-corrected chi connectivity index (χ2v) is 6.82. The first-order valence-electron chi connectivity index (χ1n) is 8.17. The molecule has 6 heteroatoms. The fraction of sp³-hybridized carbons (Fsp3) is 0.100. The number of thioether (sulfide) groups is 1. The number of hydrogen-bond donors (Lipinski definition) is 0. The smallest absolute Gasteiger partial charge is 0.191 e. The average Bonchev–Trinajstić information content (AvgIpc) is 3.07. The van der Waals surface area contributed by atoms with E-state index in [4.69, 9.17) is 0 Å². The maximum absolute atomic E-state index is 12.6. The lowest BCUT2D eigenvalue weighted by Gasteiger charge is -2.05. The average molecular weight is 360 g/mol. The van der Waals surface area contributed by atoms with Crippen LogP contribution in [0.2, 0.25) is 0 Å². The molecule has 2 aromatic carbocycles. The molecule has 128 valence electrons. The number of fused-ring (bicyclic) bond motifs is 1. The van der Waals surface area contributed by atoms with E-state index in [1.54, 1.807) is 12.4 Å². The quantitative estimate of drug-likeness (QED) is 0.398. The lowest BCUT2D eigenvalue weighted by atomic mass is 10.1. The normalized spacial score (nSPS) is 11.0. The molecular weight excluding hydrogens is 344 g/mol. The van der Waals surface area contributed by atoms with Crippen LogP contribution in [0.25, 0.3) is 22.2 Å². The van der Waals surface area contributed by atoms with Crippen LogP contribution in [0.4, 0.5) is 0 Å². The molecule has 26 heavy (non-hydrogen) atoms. The number of Topliss-reactive ketones (excluding diaryl/α,β-unsaturated/α-hetero) is 1. The maximum atomic E-state index is 12.6. The van der Waals surface area contributed by atoms with Crippen molar-refractivity contribution < 1.29 is 4.79 Å². The van der Waals surface area contributed by atoms with Crippen molar-refractivity contribution in [2.75, 3.05) is 5.75 Å². The maximum Gasteiger partial charge on any atom is 0.191 e. The Morgan fingerprint density at radius 3 is 2.58 bits per heavy atom. The number of carbonyl (C=O) groups excluding carboxylic acids is 1. The molecule has 2 aromatic heterocycles. The molecule has 0 radical (unpaired) electrons. The number of benzene rings is 2. The largest absolute Gasteiger partial charge is 0.305 e. The summed E-state index contributed by atoms with van der Waals surface area (Å²) < 4.78 is 1.90. The first kappa shape index (κ1) is 16.5. The SMILES string of the molecule is Cn1c(SCC(=O)c2ccc3ccccc3c2)nnc1-c1ccncc1. The number of rotatable bonds is 5. The lowest BCUT2D eigenvalue weighted by molar-refractivity contribution is 0.102. The topological polar surface area (TPSA) is 60.7 Å². The fourth-order valence-electron chi connectivity index (χ4n) is 2.77. The minimum absolute atomic E-state index is 0.0780. The number of carbonyl (C=O) groups is 1. The minimum atomic E-state index is 0.0780. The summed E-state index contributed by atoms with van der Waals surface area (Å²) in [4.78, 5) is 16.6. The Labute approximate surface area is 155 Å². The molecule has 0 spiro atoms. The minimum Gasteiger partial charge on any atom is -0.305 e. The molecule has 0 N–H and O–H groups in total. The predicted octanol–water partition coefficient (Wildman–Crippen LogP) is 4.01. The summed E-state index contributed by atoms with van der Waals surface area (Å²) in [5, 5.41) is 11.4. The molecule has 0 unspecified atom stereocenters. The zero-order chi connectivity index (χ0) is 17.9. The molecule has 0 bridgehead atoms. The van der Waals surface area contributed by atoms with Gasteiger partial charge in [-0.3, -0.25) is 9.78 Å². The van der Waals surface area contributed by atoms with Crippen molar-refractivity contribution in [3.05, 3.63) is 72.6 Å². The Bertz CT molecular complexity index is 1080. The molecular formula is C20H16N4OS. The molecule has 0 atom stereocenters. The Morgan fingerprint density at radius 2 is 1.77 bits per heavy atom. The van der Waals surface area contributed by atoms with Gasteiger partial charge in [-0.2, -0.15) is 0 Å². The van der Waals surface area contributed by atoms with Crippen LogP contribution in [-0.4, -0.2) is 31.3 Å². The highest BCUT2D eigenvalue weighted by molar-refractivity contribution is 7.99. The monoisotopic (exact) mass is 360 g/mol. The molecule has 5 nitrogen and oxygen atoms in total. The van der Waals surface area contributed by atoms with Gasteiger partial charge in [0.2, 0.25) is 0 Å². The molecule has 0 saturated carbocycles. The van der Waals surface area contributed by atoms with Gasteiger partial charge in [0.15, 0.2) is 16.8 Å². The van der Waals surface area contributed by atoms with Crippen LogP contribution in [-0.2, 0) is 7.05 Å². The van der Waals surface area contributed by atoms with Gasteiger partial charge in [-0.1, -0.05) is 48.2 Å². The van der Waals surface area contributed by atoms with Crippen LogP contribution >= 0.6 is 11.8 Å². The highest BCUT2D eigenvalue weighted by atomic mass is 32.2. The molecule has 0 aliphatic rings. The van der Waals surface area contributed by atoms with E-state index in [1.165, 1.54) is 11.8 Å². The van der Waals surface area contributed by atoms with Crippen LogP contribution in [0.5, 0.6) is 0 Å². The highest BCUT2D eigenvalue weighted by Gasteiger charge is 2.14. The summed E-state index contributed by atoms with van der Waals surface area (Å²) in [5.41, 5.74) is 1.66. The summed E-state index contributed by atoms with van der Waals surface area (Å²) in [7, 11) is 1.90. The number of aromatic nitrogens is 4. The first-order chi connectivity index (χ1) is 12.7. The summed E-state index contributed by atoms with van der Waals surface area (Å²) >= 11 is 1.40. The van der Waals surface area contributed by atoms with Crippen LogP contribution in [0.15, 0.2) is 72.1 Å². The standard InChI is InChI=1S/C20H16N4OS/c1-24-19(15-8-10-21-11-9-15)22-23-20(24)26-13-18(25)17-7-6-14-4-2-3-5-16(14)12-17/h2-12H,13H2,1H3. The molecule has 4 aromatic rings. The second-order valence-electron chi connectivity index (χ2n) is 5.87. The molecule has 0 saturated heterocycles. The Hall–Kier alpha value is -2.99. The highest BCUT2D eigenvalue weighted by Crippen LogP contribution is 2.23. The van der Waals surface area contributed by atoms with Crippen molar-refractivity contribution in [3.8, 4) is 11.4 Å². The lowest BCUT2D eigenvalue weighted by Crippen LogP contribution is -2.04. The van der Waals surface area contributed by atoms with Gasteiger partial charge in [-0.15, -0.1) is 10.2 Å². The van der Waals surface area contributed by atoms with E-state index in [0.717, 1.165) is 22.2 Å². The zero-order valence-corrected chi connectivity index (χ0v) is 15.0. The first-order valence-corrected chi connectivity index (χ1v) is 9.15. The predicted molar refractivity (Wildman–Crippen MR) is 103 cm³/mol. The third-order valence-electron chi connectivity index (χ3n) is 4.18. The Morgan fingerprint density at radius 1 is 1.00 bits per heavy atom. The van der Waals surface area contributed by atoms with Gasteiger partial charge in [0.25, 0.3) is 0 Å². The van der Waals surface area contributed by atoms with Gasteiger partial charge in [-0.05, 0) is 29.0 Å². The molecule has 2 heterocycles. The third kappa shape index (κ3) is 3.23. The van der Waals surface area contributed by atoms with Crippen LogP contribution in [0.3, 0.4) is 0 Å². The van der Waals surface area contributed by atoms with Gasteiger partial charge in [0.05, 0.1) is 5.75 Å². The summed E-state index contributed by atoms with van der Waals surface area (Å²) in [6.07, 6.45) is 3.44. The number of pyridine rings is 1. The van der Waals surface area contributed by atoms with Gasteiger partial charge in [0.1, 0.15) is 0 Å². The molecule has 0 amide bonds. The summed E-state index contributed by atoms with van der Waals surface area (Å²) in [6.45, 7) is 0. The van der Waals surface area contributed by atoms with Gasteiger partial charge in [-0.25, -0.2) is 0 Å². The van der Waals surface area contributed by atoms with Crippen molar-refractivity contribution in [3.63, 3.8) is 0 Å². The molecule has 0 fully saturated rings. The fourth-order valence-corrected chi connectivity index (χ4v) is 3.57. The van der Waals surface area contributed by atoms with E-state index in [-0.39, 0.29) is 5.78 Å². The molecule has 4 rings (SSSR count). The van der Waals surface area contributed by atoms with Gasteiger partial charge in [0, 0.05) is 30.6 Å². The Balaban J connectivity index is 1.50. The van der Waals surface area contributed by atoms with Crippen molar-refractivity contribution in [2.24, 2.45) is 7.05 Å². The van der Waals surface area contributed by atoms with E-state index in [0.29, 0.717) is 16.5 Å². The van der Waals surface area contributed by atoms with E-state index in [2.05, 4.69) is 15.2 Å². The van der Waals surface area contributed by atoms with Gasteiger partial charge >= 0.3 is 0 Å². The molecule has 0 aliphatic carbocycles. The Kier molecular flexibility index (Phi) is 4.50. The summed E-state index contributed by atoms with van der Waals surface area (Å²) in [5.74, 6) is 1.16. The summed E-state index contributed by atoms with van der Waals surface area (Å²) in [6, 6.07) is 17.6. The molecule has 0 aliphatic heterocycles. The number of ketones is 1.